The molecule has 0 aromatic heterocycles. The van der Waals surface area contributed by atoms with Crippen LogP contribution in [0.3, 0.4) is 0 Å². The number of anilines is 1. The maximum atomic E-state index is 10.5. The molecule has 0 amide bonds. The van der Waals surface area contributed by atoms with Gasteiger partial charge in [0.15, 0.2) is 0 Å². The Balaban J connectivity index is 2.01. The third kappa shape index (κ3) is 2.74. The van der Waals surface area contributed by atoms with Gasteiger partial charge in [0.2, 0.25) is 0 Å². The summed E-state index contributed by atoms with van der Waals surface area (Å²) >= 11 is 0. The van der Waals surface area contributed by atoms with Gasteiger partial charge in [-0.1, -0.05) is 0 Å². The molecule has 1 saturated heterocycles. The molecule has 17 heavy (non-hydrogen) atoms. The molecule has 5 heteroatoms. The molecule has 1 aromatic carbocycles. The van der Waals surface area contributed by atoms with Gasteiger partial charge in [-0.05, 0) is 30.9 Å². The summed E-state index contributed by atoms with van der Waals surface area (Å²) in [5.74, 6) is 0.537. The van der Waals surface area contributed by atoms with Gasteiger partial charge in [-0.25, -0.2) is 0 Å². The number of rotatable bonds is 4. The third-order valence-corrected chi connectivity index (χ3v) is 3.25. The van der Waals surface area contributed by atoms with Gasteiger partial charge < -0.3 is 10.0 Å². The van der Waals surface area contributed by atoms with Crippen LogP contribution in [-0.4, -0.2) is 29.7 Å². The molecule has 0 spiro atoms. The molecule has 1 aliphatic rings. The number of nitrogens with zero attached hydrogens (tertiary/aromatic N) is 2. The Hall–Kier alpha value is -1.62. The van der Waals surface area contributed by atoms with Crippen molar-refractivity contribution < 1.29 is 10.0 Å². The second kappa shape index (κ2) is 5.14. The second-order valence-corrected chi connectivity index (χ2v) is 4.39. The molecule has 2 rings (SSSR count). The fourth-order valence-corrected chi connectivity index (χ4v) is 2.27. The van der Waals surface area contributed by atoms with Crippen LogP contribution in [0.1, 0.15) is 12.8 Å². The zero-order valence-electron chi connectivity index (χ0n) is 9.58. The Bertz CT molecular complexity index is 391. The van der Waals surface area contributed by atoms with Gasteiger partial charge in [0, 0.05) is 37.5 Å². The molecule has 5 nitrogen and oxygen atoms in total. The normalized spacial score (nSPS) is 19.6. The van der Waals surface area contributed by atoms with Crippen LogP contribution in [-0.2, 0) is 0 Å². The minimum Gasteiger partial charge on any atom is -0.396 e. The summed E-state index contributed by atoms with van der Waals surface area (Å²) in [5, 5.41) is 19.4. The van der Waals surface area contributed by atoms with Crippen molar-refractivity contribution in [3.63, 3.8) is 0 Å². The van der Waals surface area contributed by atoms with Crippen LogP contribution in [0.2, 0.25) is 0 Å². The minimum atomic E-state index is -0.387. The Labute approximate surface area is 99.8 Å². The van der Waals surface area contributed by atoms with Crippen LogP contribution >= 0.6 is 0 Å². The molecule has 0 radical (unpaired) electrons. The standard InChI is InChI=1S/C12H16N2O3/c15-8-6-10-5-7-13(9-10)11-1-3-12(4-2-11)14(16)17/h1-4,10,15H,5-9H2. The van der Waals surface area contributed by atoms with E-state index in [4.69, 9.17) is 5.11 Å². The van der Waals surface area contributed by atoms with Crippen LogP contribution in [0.4, 0.5) is 11.4 Å². The van der Waals surface area contributed by atoms with Crippen molar-refractivity contribution >= 4 is 11.4 Å². The fraction of sp³-hybridized carbons (Fsp3) is 0.500. The van der Waals surface area contributed by atoms with Crippen LogP contribution in [0, 0.1) is 16.0 Å². The highest BCUT2D eigenvalue weighted by Gasteiger charge is 2.22. The minimum absolute atomic E-state index is 0.125. The number of aliphatic hydroxyl groups excluding tert-OH is 1. The van der Waals surface area contributed by atoms with Gasteiger partial charge in [-0.15, -0.1) is 0 Å². The first-order valence-electron chi connectivity index (χ1n) is 5.81. The monoisotopic (exact) mass is 236 g/mol. The SMILES string of the molecule is O=[N+]([O-])c1ccc(N2CCC(CCO)C2)cc1. The van der Waals surface area contributed by atoms with E-state index in [1.165, 1.54) is 12.1 Å². The molecule has 1 unspecified atom stereocenters. The summed E-state index contributed by atoms with van der Waals surface area (Å²) in [7, 11) is 0. The lowest BCUT2D eigenvalue weighted by Gasteiger charge is -2.18. The van der Waals surface area contributed by atoms with E-state index in [0.717, 1.165) is 31.6 Å². The predicted octanol–water partition coefficient (Wildman–Crippen LogP) is 1.80. The summed E-state index contributed by atoms with van der Waals surface area (Å²) in [6.07, 6.45) is 1.92. The van der Waals surface area contributed by atoms with E-state index in [9.17, 15) is 10.1 Å². The quantitative estimate of drug-likeness (QED) is 0.639. The zero-order valence-corrected chi connectivity index (χ0v) is 9.58. The maximum Gasteiger partial charge on any atom is 0.269 e. The van der Waals surface area contributed by atoms with Gasteiger partial charge in [0.25, 0.3) is 5.69 Å². The summed E-state index contributed by atoms with van der Waals surface area (Å²) in [6, 6.07) is 6.66. The molecular weight excluding hydrogens is 220 g/mol. The predicted molar refractivity (Wildman–Crippen MR) is 65.1 cm³/mol. The molecule has 1 N–H and O–H groups in total. The third-order valence-electron chi connectivity index (χ3n) is 3.25. The topological polar surface area (TPSA) is 66.6 Å². The number of aliphatic hydroxyl groups is 1. The molecule has 1 aromatic rings. The van der Waals surface area contributed by atoms with Crippen LogP contribution in [0.25, 0.3) is 0 Å². The molecule has 1 atom stereocenters. The lowest BCUT2D eigenvalue weighted by molar-refractivity contribution is -0.384. The van der Waals surface area contributed by atoms with Crippen molar-refractivity contribution in [3.8, 4) is 0 Å². The second-order valence-electron chi connectivity index (χ2n) is 4.39. The lowest BCUT2D eigenvalue weighted by Crippen LogP contribution is -2.19. The number of nitro benzene ring substituents is 1. The zero-order chi connectivity index (χ0) is 12.3. The van der Waals surface area contributed by atoms with Crippen molar-refractivity contribution in [1.82, 2.24) is 0 Å². The Morgan fingerprint density at radius 3 is 2.71 bits per heavy atom. The van der Waals surface area contributed by atoms with Crippen LogP contribution in [0.15, 0.2) is 24.3 Å². The number of nitro groups is 1. The molecule has 1 aliphatic heterocycles. The van der Waals surface area contributed by atoms with E-state index in [1.54, 1.807) is 12.1 Å². The Morgan fingerprint density at radius 1 is 1.41 bits per heavy atom. The number of non-ortho nitro benzene ring substituents is 1. The van der Waals surface area contributed by atoms with E-state index >= 15 is 0 Å². The van der Waals surface area contributed by atoms with Crippen molar-refractivity contribution in [1.29, 1.82) is 0 Å². The van der Waals surface area contributed by atoms with E-state index in [-0.39, 0.29) is 17.2 Å². The number of hydrogen-bond donors (Lipinski definition) is 1. The highest BCUT2D eigenvalue weighted by atomic mass is 16.6. The van der Waals surface area contributed by atoms with Gasteiger partial charge in [-0.2, -0.15) is 0 Å². The van der Waals surface area contributed by atoms with Crippen molar-refractivity contribution in [2.75, 3.05) is 24.6 Å². The first-order chi connectivity index (χ1) is 8.20. The molecule has 0 bridgehead atoms. The van der Waals surface area contributed by atoms with Crippen LogP contribution < -0.4 is 4.90 Å². The molecule has 1 fully saturated rings. The molecule has 0 saturated carbocycles. The molecule has 0 aliphatic carbocycles. The highest BCUT2D eigenvalue weighted by molar-refractivity contribution is 5.51. The molecule has 92 valence electrons. The van der Waals surface area contributed by atoms with Crippen LogP contribution in [0.5, 0.6) is 0 Å². The molecule has 1 heterocycles. The smallest absolute Gasteiger partial charge is 0.269 e. The largest absolute Gasteiger partial charge is 0.396 e. The summed E-state index contributed by atoms with van der Waals surface area (Å²) < 4.78 is 0. The van der Waals surface area contributed by atoms with Gasteiger partial charge in [0.1, 0.15) is 0 Å². The highest BCUT2D eigenvalue weighted by Crippen LogP contribution is 2.26. The van der Waals surface area contributed by atoms with Gasteiger partial charge in [0.05, 0.1) is 4.92 Å². The molecular formula is C12H16N2O3. The average molecular weight is 236 g/mol. The summed E-state index contributed by atoms with van der Waals surface area (Å²) in [5.41, 5.74) is 1.15. The van der Waals surface area contributed by atoms with E-state index in [2.05, 4.69) is 4.90 Å². The van der Waals surface area contributed by atoms with E-state index in [0.29, 0.717) is 5.92 Å². The van der Waals surface area contributed by atoms with E-state index in [1.807, 2.05) is 0 Å². The average Bonchev–Trinajstić information content (AvgIpc) is 2.78. The van der Waals surface area contributed by atoms with E-state index < -0.39 is 0 Å². The fourth-order valence-electron chi connectivity index (χ4n) is 2.27. The first-order valence-corrected chi connectivity index (χ1v) is 5.81. The Kier molecular flexibility index (Phi) is 3.58. The maximum absolute atomic E-state index is 10.5. The van der Waals surface area contributed by atoms with Gasteiger partial charge >= 0.3 is 0 Å². The number of benzene rings is 1. The van der Waals surface area contributed by atoms with Crippen molar-refractivity contribution in [2.24, 2.45) is 5.92 Å². The van der Waals surface area contributed by atoms with Crippen molar-refractivity contribution in [2.45, 2.75) is 12.8 Å². The lowest BCUT2D eigenvalue weighted by atomic mass is 10.1. The number of hydrogen-bond acceptors (Lipinski definition) is 4. The Morgan fingerprint density at radius 2 is 2.12 bits per heavy atom. The van der Waals surface area contributed by atoms with Crippen molar-refractivity contribution in [3.05, 3.63) is 34.4 Å². The van der Waals surface area contributed by atoms with Gasteiger partial charge in [-0.3, -0.25) is 10.1 Å². The first kappa shape index (κ1) is 11.9. The summed E-state index contributed by atoms with van der Waals surface area (Å²) in [4.78, 5) is 12.4. The summed E-state index contributed by atoms with van der Waals surface area (Å²) in [6.45, 7) is 2.12.